The van der Waals surface area contributed by atoms with Gasteiger partial charge < -0.3 is 24.3 Å². The molecule has 0 radical (unpaired) electrons. The smallest absolute Gasteiger partial charge is 0.400 e. The van der Waals surface area contributed by atoms with E-state index in [0.717, 1.165) is 23.8 Å². The lowest BCUT2D eigenvalue weighted by molar-refractivity contribution is 0.00578. The van der Waals surface area contributed by atoms with Crippen molar-refractivity contribution in [3.63, 3.8) is 0 Å². The Hall–Kier alpha value is -0.725. The third kappa shape index (κ3) is 5.21. The van der Waals surface area contributed by atoms with Crippen LogP contribution in [0.1, 0.15) is 54.0 Å². The van der Waals surface area contributed by atoms with Gasteiger partial charge in [0.15, 0.2) is 0 Å². The summed E-state index contributed by atoms with van der Waals surface area (Å²) in [5.74, 6) is 0. The molecule has 1 aliphatic rings. The molecular weight excluding hydrogens is 361 g/mol. The number of hydrogen-bond donors (Lipinski definition) is 2. The molecule has 1 fully saturated rings. The highest BCUT2D eigenvalue weighted by atomic mass is 32.3. The number of benzene rings is 1. The summed E-state index contributed by atoms with van der Waals surface area (Å²) in [4.78, 5) is 0. The number of hydrogen-bond acceptors (Lipinski definition) is 5. The van der Waals surface area contributed by atoms with Crippen LogP contribution in [0, 0.1) is 0 Å². The zero-order valence-corrected chi connectivity index (χ0v) is 19.5. The SMILES string of the molecule is CC1(C)OB(c2cccc(N)c2COS(C)(C)C(C)(C)C)OC1(C)C.CO. The molecule has 7 heteroatoms. The number of nitrogens with two attached hydrogens (primary N) is 1. The number of rotatable bonds is 4. The first kappa shape index (κ1) is 24.3. The lowest BCUT2D eigenvalue weighted by atomic mass is 9.75. The van der Waals surface area contributed by atoms with E-state index in [2.05, 4.69) is 61.0 Å². The van der Waals surface area contributed by atoms with Crippen molar-refractivity contribution >= 4 is 28.6 Å². The van der Waals surface area contributed by atoms with Crippen molar-refractivity contribution in [1.29, 1.82) is 0 Å². The van der Waals surface area contributed by atoms with Crippen LogP contribution in [0.4, 0.5) is 5.69 Å². The van der Waals surface area contributed by atoms with Crippen LogP contribution in [0.15, 0.2) is 18.2 Å². The van der Waals surface area contributed by atoms with Gasteiger partial charge in [0.25, 0.3) is 0 Å². The van der Waals surface area contributed by atoms with E-state index in [1.807, 2.05) is 18.2 Å². The van der Waals surface area contributed by atoms with Crippen LogP contribution >= 0.6 is 10.3 Å². The van der Waals surface area contributed by atoms with Gasteiger partial charge >= 0.3 is 7.12 Å². The average Bonchev–Trinajstić information content (AvgIpc) is 2.74. The Labute approximate surface area is 167 Å². The van der Waals surface area contributed by atoms with E-state index in [9.17, 15) is 0 Å². The van der Waals surface area contributed by atoms with E-state index in [1.165, 1.54) is 0 Å². The summed E-state index contributed by atoms with van der Waals surface area (Å²) in [5, 5.41) is 7.00. The van der Waals surface area contributed by atoms with Crippen LogP contribution in [-0.2, 0) is 20.1 Å². The van der Waals surface area contributed by atoms with Crippen molar-refractivity contribution in [2.75, 3.05) is 25.4 Å². The summed E-state index contributed by atoms with van der Waals surface area (Å²) in [6.45, 7) is 15.3. The lowest BCUT2D eigenvalue weighted by Gasteiger charge is -2.43. The van der Waals surface area contributed by atoms with Crippen LogP contribution in [0.3, 0.4) is 0 Å². The second kappa shape index (κ2) is 8.33. The fourth-order valence-corrected chi connectivity index (χ4v) is 3.13. The number of anilines is 1. The van der Waals surface area contributed by atoms with Crippen LogP contribution in [0.5, 0.6) is 0 Å². The molecule has 0 aromatic heterocycles. The third-order valence-electron chi connectivity index (χ3n) is 5.73. The van der Waals surface area contributed by atoms with Crippen molar-refractivity contribution in [2.24, 2.45) is 0 Å². The van der Waals surface area contributed by atoms with Gasteiger partial charge in [-0.15, -0.1) is 10.3 Å². The first-order valence-electron chi connectivity index (χ1n) is 9.23. The molecule has 5 nitrogen and oxygen atoms in total. The first-order valence-corrected chi connectivity index (χ1v) is 11.6. The normalized spacial score (nSPS) is 19.4. The Morgan fingerprint density at radius 2 is 1.56 bits per heavy atom. The summed E-state index contributed by atoms with van der Waals surface area (Å²) >= 11 is 0. The Kier molecular flexibility index (Phi) is 7.50. The second-order valence-electron chi connectivity index (χ2n) is 9.11. The average molecular weight is 399 g/mol. The second-order valence-corrected chi connectivity index (χ2v) is 13.0. The third-order valence-corrected chi connectivity index (χ3v) is 9.38. The predicted molar refractivity (Wildman–Crippen MR) is 119 cm³/mol. The molecule has 0 aliphatic carbocycles. The Balaban J connectivity index is 0.00000176. The zero-order chi connectivity index (χ0) is 21.3. The predicted octanol–water partition coefficient (Wildman–Crippen LogP) is 3.47. The molecule has 1 aromatic carbocycles. The molecule has 156 valence electrons. The van der Waals surface area contributed by atoms with Gasteiger partial charge in [-0.2, -0.15) is 0 Å². The van der Waals surface area contributed by atoms with Gasteiger partial charge in [-0.25, -0.2) is 0 Å². The maximum Gasteiger partial charge on any atom is 0.495 e. The van der Waals surface area contributed by atoms with Gasteiger partial charge in [0.1, 0.15) is 0 Å². The molecule has 1 saturated heterocycles. The minimum absolute atomic E-state index is 0.0983. The van der Waals surface area contributed by atoms with E-state index in [4.69, 9.17) is 24.3 Å². The molecule has 1 heterocycles. The van der Waals surface area contributed by atoms with Crippen molar-refractivity contribution < 1.29 is 18.6 Å². The molecule has 0 spiro atoms. The number of aliphatic hydroxyl groups is 1. The van der Waals surface area contributed by atoms with Gasteiger partial charge in [-0.3, -0.25) is 0 Å². The van der Waals surface area contributed by atoms with E-state index in [1.54, 1.807) is 0 Å². The number of aliphatic hydroxyl groups excluding tert-OH is 1. The van der Waals surface area contributed by atoms with Gasteiger partial charge in [0.2, 0.25) is 0 Å². The summed E-state index contributed by atoms with van der Waals surface area (Å²) in [7, 11) is -0.667. The molecule has 1 aromatic rings. The molecule has 0 bridgehead atoms. The van der Waals surface area contributed by atoms with Crippen molar-refractivity contribution in [2.45, 2.75) is 71.0 Å². The van der Waals surface area contributed by atoms with E-state index >= 15 is 0 Å². The Morgan fingerprint density at radius 1 is 1.07 bits per heavy atom. The summed E-state index contributed by atoms with van der Waals surface area (Å²) in [6.07, 6.45) is 4.39. The molecule has 2 rings (SSSR count). The van der Waals surface area contributed by atoms with Gasteiger partial charge in [-0.05, 0) is 51.7 Å². The Morgan fingerprint density at radius 3 is 2.00 bits per heavy atom. The molecule has 3 N–H and O–H groups in total. The van der Waals surface area contributed by atoms with Crippen LogP contribution < -0.4 is 11.2 Å². The van der Waals surface area contributed by atoms with E-state index in [-0.39, 0.29) is 15.9 Å². The van der Waals surface area contributed by atoms with Gasteiger partial charge in [0.05, 0.1) is 17.8 Å². The maximum absolute atomic E-state index is 7.00. The fourth-order valence-electron chi connectivity index (χ4n) is 2.36. The summed E-state index contributed by atoms with van der Waals surface area (Å²) in [5.41, 5.74) is 8.17. The quantitative estimate of drug-likeness (QED) is 0.599. The Bertz CT molecular complexity index is 625. The molecule has 27 heavy (non-hydrogen) atoms. The van der Waals surface area contributed by atoms with Crippen molar-refractivity contribution in [3.8, 4) is 0 Å². The van der Waals surface area contributed by atoms with Crippen LogP contribution in [-0.4, -0.2) is 47.8 Å². The lowest BCUT2D eigenvalue weighted by Crippen LogP contribution is -2.41. The fraction of sp³-hybridized carbons (Fsp3) is 0.700. The summed E-state index contributed by atoms with van der Waals surface area (Å²) < 4.78 is 18.9. The zero-order valence-electron chi connectivity index (χ0n) is 18.7. The minimum Gasteiger partial charge on any atom is -0.400 e. The van der Waals surface area contributed by atoms with Gasteiger partial charge in [-0.1, -0.05) is 32.9 Å². The van der Waals surface area contributed by atoms with Crippen LogP contribution in [0.2, 0.25) is 0 Å². The van der Waals surface area contributed by atoms with Gasteiger partial charge in [0, 0.05) is 23.1 Å². The van der Waals surface area contributed by atoms with Crippen molar-refractivity contribution in [3.05, 3.63) is 23.8 Å². The molecule has 1 aliphatic heterocycles. The number of nitrogen functional groups attached to an aromatic ring is 1. The molecular formula is C20H38BNO4S. The molecule has 0 unspecified atom stereocenters. The minimum atomic E-state index is -1.24. The van der Waals surface area contributed by atoms with Crippen LogP contribution in [0.25, 0.3) is 0 Å². The molecule has 0 saturated carbocycles. The highest BCUT2D eigenvalue weighted by Crippen LogP contribution is 2.54. The van der Waals surface area contributed by atoms with E-state index in [0.29, 0.717) is 6.61 Å². The standard InChI is InChI=1S/C19H34BNO3S.CH4O/c1-17(2,3)25(8,9)22-13-14-15(11-10-12-16(14)21)20-23-18(4,5)19(6,7)24-20;1-2/h10-12H,13,21H2,1-9H3;2H,1H3. The van der Waals surface area contributed by atoms with E-state index < -0.39 is 17.4 Å². The summed E-state index contributed by atoms with van der Waals surface area (Å²) in [6, 6.07) is 5.88. The molecule has 0 atom stereocenters. The van der Waals surface area contributed by atoms with Crippen molar-refractivity contribution in [1.82, 2.24) is 0 Å². The highest BCUT2D eigenvalue weighted by molar-refractivity contribution is 8.29. The molecule has 0 amide bonds. The maximum atomic E-state index is 7.00. The topological polar surface area (TPSA) is 73.9 Å². The monoisotopic (exact) mass is 399 g/mol. The highest BCUT2D eigenvalue weighted by Gasteiger charge is 2.52. The largest absolute Gasteiger partial charge is 0.495 e. The first-order chi connectivity index (χ1) is 12.2.